The van der Waals surface area contributed by atoms with Crippen LogP contribution in [0.2, 0.25) is 0 Å². The fraction of sp³-hybridized carbons (Fsp3) is 0.278. The monoisotopic (exact) mass is 362 g/mol. The van der Waals surface area contributed by atoms with E-state index in [1.54, 1.807) is 38.3 Å². The third kappa shape index (κ3) is 4.96. The van der Waals surface area contributed by atoms with Crippen molar-refractivity contribution < 1.29 is 17.9 Å². The fourth-order valence-corrected chi connectivity index (χ4v) is 3.43. The molecule has 2 aromatic rings. The lowest BCUT2D eigenvalue weighted by Crippen LogP contribution is -2.29. The lowest BCUT2D eigenvalue weighted by Gasteiger charge is -2.20. The number of benzene rings is 2. The molecule has 6 nitrogen and oxygen atoms in total. The van der Waals surface area contributed by atoms with E-state index in [0.717, 1.165) is 17.6 Å². The number of methoxy groups -OCH3 is 1. The summed E-state index contributed by atoms with van der Waals surface area (Å²) in [5.74, 6) is 0.508. The maximum absolute atomic E-state index is 12.2. The van der Waals surface area contributed by atoms with Crippen LogP contribution in [0.5, 0.6) is 5.75 Å². The molecule has 0 heterocycles. The Morgan fingerprint density at radius 3 is 2.40 bits per heavy atom. The van der Waals surface area contributed by atoms with Crippen LogP contribution >= 0.6 is 0 Å². The molecule has 7 heteroatoms. The Kier molecular flexibility index (Phi) is 6.03. The fourth-order valence-electron chi connectivity index (χ4n) is 2.45. The molecule has 0 aliphatic carbocycles. The molecule has 134 valence electrons. The van der Waals surface area contributed by atoms with Gasteiger partial charge in [0.1, 0.15) is 5.75 Å². The van der Waals surface area contributed by atoms with Crippen LogP contribution in [-0.4, -0.2) is 34.2 Å². The summed E-state index contributed by atoms with van der Waals surface area (Å²) in [7, 11) is -1.74. The lowest BCUT2D eigenvalue weighted by molar-refractivity contribution is 0.0951. The number of rotatable bonds is 7. The van der Waals surface area contributed by atoms with Crippen LogP contribution in [0.1, 0.15) is 22.8 Å². The number of hydrogen-bond donors (Lipinski definition) is 1. The minimum absolute atomic E-state index is 0.225. The maximum Gasteiger partial charge on any atom is 0.251 e. The van der Waals surface area contributed by atoms with Gasteiger partial charge in [0.2, 0.25) is 10.0 Å². The highest BCUT2D eigenvalue weighted by Gasteiger charge is 2.15. The second kappa shape index (κ2) is 8.02. The van der Waals surface area contributed by atoms with Crippen molar-refractivity contribution in [2.75, 3.05) is 24.2 Å². The van der Waals surface area contributed by atoms with E-state index in [0.29, 0.717) is 24.3 Å². The molecule has 0 bridgehead atoms. The van der Waals surface area contributed by atoms with E-state index in [-0.39, 0.29) is 5.91 Å². The zero-order valence-electron chi connectivity index (χ0n) is 14.5. The van der Waals surface area contributed by atoms with Gasteiger partial charge in [0.15, 0.2) is 0 Å². The quantitative estimate of drug-likeness (QED) is 0.821. The predicted octanol–water partition coefficient (Wildman–Crippen LogP) is 2.41. The Balaban J connectivity index is 2.05. The first kappa shape index (κ1) is 18.8. The third-order valence-electron chi connectivity index (χ3n) is 3.69. The zero-order valence-corrected chi connectivity index (χ0v) is 15.3. The number of amides is 1. The van der Waals surface area contributed by atoms with Gasteiger partial charge in [-0.25, -0.2) is 8.42 Å². The molecule has 25 heavy (non-hydrogen) atoms. The van der Waals surface area contributed by atoms with E-state index in [9.17, 15) is 13.2 Å². The van der Waals surface area contributed by atoms with E-state index >= 15 is 0 Å². The van der Waals surface area contributed by atoms with Crippen molar-refractivity contribution in [1.82, 2.24) is 5.32 Å². The second-order valence-corrected chi connectivity index (χ2v) is 7.42. The molecule has 0 aliphatic rings. The number of nitrogens with zero attached hydrogens (tertiary/aromatic N) is 1. The Bertz CT molecular complexity index is 832. The summed E-state index contributed by atoms with van der Waals surface area (Å²) in [6.45, 7) is 2.47. The lowest BCUT2D eigenvalue weighted by atomic mass is 10.1. The highest BCUT2D eigenvalue weighted by atomic mass is 32.2. The van der Waals surface area contributed by atoms with Crippen LogP contribution in [0.3, 0.4) is 0 Å². The van der Waals surface area contributed by atoms with Gasteiger partial charge in [0, 0.05) is 18.7 Å². The highest BCUT2D eigenvalue weighted by Crippen LogP contribution is 2.18. The molecule has 0 aromatic heterocycles. The number of sulfonamides is 1. The number of carbonyl (C=O) groups excluding carboxylic acids is 1. The Morgan fingerprint density at radius 1 is 1.16 bits per heavy atom. The molecule has 1 amide bonds. The van der Waals surface area contributed by atoms with Crippen molar-refractivity contribution in [3.63, 3.8) is 0 Å². The minimum Gasteiger partial charge on any atom is -0.497 e. The first-order chi connectivity index (χ1) is 11.8. The molecule has 0 aliphatic heterocycles. The summed E-state index contributed by atoms with van der Waals surface area (Å²) in [6.07, 6.45) is 1.16. The van der Waals surface area contributed by atoms with Crippen LogP contribution in [0.4, 0.5) is 5.69 Å². The molecule has 0 saturated carbocycles. The van der Waals surface area contributed by atoms with Crippen molar-refractivity contribution in [2.24, 2.45) is 0 Å². The average molecular weight is 362 g/mol. The number of hydrogen-bond acceptors (Lipinski definition) is 4. The summed E-state index contributed by atoms with van der Waals surface area (Å²) in [5, 5.41) is 2.83. The maximum atomic E-state index is 12.2. The van der Waals surface area contributed by atoms with Crippen LogP contribution < -0.4 is 14.4 Å². The van der Waals surface area contributed by atoms with Gasteiger partial charge < -0.3 is 10.1 Å². The Morgan fingerprint density at radius 2 is 1.84 bits per heavy atom. The largest absolute Gasteiger partial charge is 0.497 e. The van der Waals surface area contributed by atoms with Crippen LogP contribution in [-0.2, 0) is 16.6 Å². The van der Waals surface area contributed by atoms with Gasteiger partial charge in [0.25, 0.3) is 5.91 Å². The second-order valence-electron chi connectivity index (χ2n) is 5.51. The van der Waals surface area contributed by atoms with Crippen molar-refractivity contribution in [1.29, 1.82) is 0 Å². The summed E-state index contributed by atoms with van der Waals surface area (Å²) >= 11 is 0. The van der Waals surface area contributed by atoms with Crippen molar-refractivity contribution >= 4 is 21.6 Å². The number of carbonyl (C=O) groups is 1. The van der Waals surface area contributed by atoms with Crippen LogP contribution in [0.15, 0.2) is 48.5 Å². The first-order valence-electron chi connectivity index (χ1n) is 7.84. The topological polar surface area (TPSA) is 75.7 Å². The van der Waals surface area contributed by atoms with Crippen LogP contribution in [0.25, 0.3) is 0 Å². The SMILES string of the molecule is CCN(c1ccc(C(=O)NCc2cccc(OC)c2)cc1)S(C)(=O)=O. The van der Waals surface area contributed by atoms with E-state index < -0.39 is 10.0 Å². The molecule has 0 saturated heterocycles. The van der Waals surface area contributed by atoms with Gasteiger partial charge in [-0.2, -0.15) is 0 Å². The molecule has 1 N–H and O–H groups in total. The van der Waals surface area contributed by atoms with Crippen molar-refractivity contribution in [3.05, 3.63) is 59.7 Å². The summed E-state index contributed by atoms with van der Waals surface area (Å²) in [5.41, 5.74) is 1.93. The molecule has 0 fully saturated rings. The number of anilines is 1. The number of ether oxygens (including phenoxy) is 1. The normalized spacial score (nSPS) is 11.0. The van der Waals surface area contributed by atoms with Gasteiger partial charge in [-0.15, -0.1) is 0 Å². The van der Waals surface area contributed by atoms with Gasteiger partial charge in [0.05, 0.1) is 19.1 Å². The standard InChI is InChI=1S/C18H22N2O4S/c1-4-20(25(3,22)23)16-10-8-15(9-11-16)18(21)19-13-14-6-5-7-17(12-14)24-2/h5-12H,4,13H2,1-3H3,(H,19,21). The minimum atomic E-state index is -3.33. The summed E-state index contributed by atoms with van der Waals surface area (Å²) < 4.78 is 29.9. The highest BCUT2D eigenvalue weighted by molar-refractivity contribution is 7.92. The van der Waals surface area contributed by atoms with Gasteiger partial charge in [-0.1, -0.05) is 12.1 Å². The molecule has 2 rings (SSSR count). The van der Waals surface area contributed by atoms with E-state index in [1.807, 2.05) is 24.3 Å². The van der Waals surface area contributed by atoms with Crippen molar-refractivity contribution in [2.45, 2.75) is 13.5 Å². The molecule has 0 spiro atoms. The Hall–Kier alpha value is -2.54. The summed E-state index contributed by atoms with van der Waals surface area (Å²) in [4.78, 5) is 12.2. The van der Waals surface area contributed by atoms with E-state index in [1.165, 1.54) is 4.31 Å². The molecular formula is C18H22N2O4S. The Labute approximate surface area is 148 Å². The predicted molar refractivity (Wildman–Crippen MR) is 98.5 cm³/mol. The summed E-state index contributed by atoms with van der Waals surface area (Å²) in [6, 6.07) is 13.9. The van der Waals surface area contributed by atoms with E-state index in [4.69, 9.17) is 4.74 Å². The molecule has 0 unspecified atom stereocenters. The molecule has 2 aromatic carbocycles. The first-order valence-corrected chi connectivity index (χ1v) is 9.69. The van der Waals surface area contributed by atoms with Gasteiger partial charge in [-0.05, 0) is 48.9 Å². The molecular weight excluding hydrogens is 340 g/mol. The van der Waals surface area contributed by atoms with Crippen LogP contribution in [0, 0.1) is 0 Å². The van der Waals surface area contributed by atoms with Gasteiger partial charge >= 0.3 is 0 Å². The molecule has 0 radical (unpaired) electrons. The smallest absolute Gasteiger partial charge is 0.251 e. The zero-order chi connectivity index (χ0) is 18.4. The van der Waals surface area contributed by atoms with Crippen molar-refractivity contribution in [3.8, 4) is 5.75 Å². The van der Waals surface area contributed by atoms with E-state index in [2.05, 4.69) is 5.32 Å². The number of nitrogens with one attached hydrogen (secondary N) is 1. The average Bonchev–Trinajstić information content (AvgIpc) is 2.60. The molecule has 0 atom stereocenters. The van der Waals surface area contributed by atoms with Gasteiger partial charge in [-0.3, -0.25) is 9.10 Å². The third-order valence-corrected chi connectivity index (χ3v) is 4.96.